The molecular weight excluding hydrogens is 351 g/mol. The normalized spacial score (nSPS) is 11.4. The zero-order chi connectivity index (χ0) is 18.0. The molecule has 3 aromatic rings. The molecule has 1 N–H and O–H groups in total. The summed E-state index contributed by atoms with van der Waals surface area (Å²) in [5, 5.41) is 11.7. The molecule has 0 spiro atoms. The number of alkyl halides is 3. The van der Waals surface area contributed by atoms with Gasteiger partial charge in [0.2, 0.25) is 0 Å². The van der Waals surface area contributed by atoms with E-state index >= 15 is 0 Å². The first-order chi connectivity index (χ1) is 11.8. The van der Waals surface area contributed by atoms with Crippen LogP contribution in [-0.2, 0) is 6.18 Å². The lowest BCUT2D eigenvalue weighted by Crippen LogP contribution is -2.05. The van der Waals surface area contributed by atoms with E-state index in [1.807, 2.05) is 0 Å². The predicted molar refractivity (Wildman–Crippen MR) is 91.9 cm³/mol. The third kappa shape index (κ3) is 4.09. The van der Waals surface area contributed by atoms with Crippen molar-refractivity contribution < 1.29 is 13.2 Å². The molecule has 0 amide bonds. The first-order valence-electron chi connectivity index (χ1n) is 7.37. The van der Waals surface area contributed by atoms with E-state index in [-0.39, 0.29) is 0 Å². The Hall–Kier alpha value is -2.60. The van der Waals surface area contributed by atoms with Crippen molar-refractivity contribution in [3.63, 3.8) is 0 Å². The van der Waals surface area contributed by atoms with E-state index in [9.17, 15) is 13.2 Å². The van der Waals surface area contributed by atoms with Crippen LogP contribution in [0.3, 0.4) is 0 Å². The smallest absolute Gasteiger partial charge is 0.338 e. The summed E-state index contributed by atoms with van der Waals surface area (Å²) in [5.41, 5.74) is 1.54. The van der Waals surface area contributed by atoms with Gasteiger partial charge < -0.3 is 5.32 Å². The molecule has 1 heterocycles. The summed E-state index contributed by atoms with van der Waals surface area (Å²) >= 11 is 5.86. The van der Waals surface area contributed by atoms with Crippen LogP contribution in [0.15, 0.2) is 54.6 Å². The number of nitrogens with zero attached hydrogens (tertiary/aromatic N) is 2. The molecule has 0 aliphatic heterocycles. The number of hydrogen-bond donors (Lipinski definition) is 1. The Kier molecular flexibility index (Phi) is 4.63. The third-order valence-electron chi connectivity index (χ3n) is 3.52. The van der Waals surface area contributed by atoms with Crippen LogP contribution in [0, 0.1) is 6.92 Å². The minimum atomic E-state index is -4.41. The van der Waals surface area contributed by atoms with E-state index in [1.165, 1.54) is 6.07 Å². The fourth-order valence-corrected chi connectivity index (χ4v) is 2.46. The highest BCUT2D eigenvalue weighted by Crippen LogP contribution is 2.34. The van der Waals surface area contributed by atoms with Crippen LogP contribution in [-0.4, -0.2) is 10.2 Å². The van der Waals surface area contributed by atoms with Crippen molar-refractivity contribution in [1.29, 1.82) is 0 Å². The maximum atomic E-state index is 13.0. The molecule has 0 bridgehead atoms. The molecule has 7 heteroatoms. The van der Waals surface area contributed by atoms with Gasteiger partial charge in [0.15, 0.2) is 5.82 Å². The van der Waals surface area contributed by atoms with E-state index < -0.39 is 11.7 Å². The Bertz CT molecular complexity index is 893. The molecule has 0 saturated heterocycles. The maximum absolute atomic E-state index is 13.0. The largest absolute Gasteiger partial charge is 0.416 e. The molecule has 3 rings (SSSR count). The van der Waals surface area contributed by atoms with Crippen LogP contribution < -0.4 is 5.32 Å². The van der Waals surface area contributed by atoms with Gasteiger partial charge in [-0.1, -0.05) is 23.7 Å². The molecular formula is C18H13ClF3N3. The standard InChI is InChI=1S/C18H13ClF3N3/c1-11-9-16(12-3-2-4-13(10-12)18(20,21)22)17(25-24-11)23-15-7-5-14(19)6-8-15/h2-10H,1H3,(H,23,25). The average Bonchev–Trinajstić information content (AvgIpc) is 2.58. The van der Waals surface area contributed by atoms with Crippen molar-refractivity contribution in [3.05, 3.63) is 70.9 Å². The van der Waals surface area contributed by atoms with Gasteiger partial charge in [-0.2, -0.15) is 18.3 Å². The molecule has 0 fully saturated rings. The van der Waals surface area contributed by atoms with E-state index in [1.54, 1.807) is 43.3 Å². The first kappa shape index (κ1) is 17.2. The molecule has 2 aromatic carbocycles. The second kappa shape index (κ2) is 6.72. The van der Waals surface area contributed by atoms with Crippen molar-refractivity contribution in [1.82, 2.24) is 10.2 Å². The number of nitrogens with one attached hydrogen (secondary N) is 1. The van der Waals surface area contributed by atoms with Gasteiger partial charge in [0.05, 0.1) is 11.3 Å². The van der Waals surface area contributed by atoms with Gasteiger partial charge >= 0.3 is 6.18 Å². The second-order valence-electron chi connectivity index (χ2n) is 5.46. The SMILES string of the molecule is Cc1cc(-c2cccc(C(F)(F)F)c2)c(Nc2ccc(Cl)cc2)nn1. The lowest BCUT2D eigenvalue weighted by atomic mass is 10.0. The Balaban J connectivity index is 2.04. The van der Waals surface area contributed by atoms with E-state index in [0.717, 1.165) is 12.1 Å². The number of halogens is 4. The lowest BCUT2D eigenvalue weighted by Gasteiger charge is -2.13. The number of aryl methyl sites for hydroxylation is 1. The number of hydrogen-bond acceptors (Lipinski definition) is 3. The zero-order valence-electron chi connectivity index (χ0n) is 13.1. The highest BCUT2D eigenvalue weighted by Gasteiger charge is 2.30. The van der Waals surface area contributed by atoms with Crippen LogP contribution in [0.1, 0.15) is 11.3 Å². The van der Waals surface area contributed by atoms with Crippen LogP contribution in [0.2, 0.25) is 5.02 Å². The monoisotopic (exact) mass is 363 g/mol. The molecule has 25 heavy (non-hydrogen) atoms. The maximum Gasteiger partial charge on any atom is 0.416 e. The van der Waals surface area contributed by atoms with E-state index in [2.05, 4.69) is 15.5 Å². The number of aromatic nitrogens is 2. The molecule has 0 radical (unpaired) electrons. The summed E-state index contributed by atoms with van der Waals surface area (Å²) in [6, 6.07) is 13.7. The molecule has 0 unspecified atom stereocenters. The van der Waals surface area contributed by atoms with Gasteiger partial charge in [-0.05, 0) is 55.0 Å². The summed E-state index contributed by atoms with van der Waals surface area (Å²) in [6.45, 7) is 1.73. The molecule has 0 saturated carbocycles. The Labute approximate surface area is 147 Å². The quantitative estimate of drug-likeness (QED) is 0.632. The first-order valence-corrected chi connectivity index (χ1v) is 7.75. The van der Waals surface area contributed by atoms with Crippen LogP contribution >= 0.6 is 11.6 Å². The average molecular weight is 364 g/mol. The van der Waals surface area contributed by atoms with Crippen molar-refractivity contribution in [2.24, 2.45) is 0 Å². The van der Waals surface area contributed by atoms with Gasteiger partial charge in [-0.15, -0.1) is 5.10 Å². The lowest BCUT2D eigenvalue weighted by molar-refractivity contribution is -0.137. The zero-order valence-corrected chi connectivity index (χ0v) is 13.9. The van der Waals surface area contributed by atoms with Crippen molar-refractivity contribution >= 4 is 23.1 Å². The van der Waals surface area contributed by atoms with Crippen LogP contribution in [0.4, 0.5) is 24.7 Å². The molecule has 0 atom stereocenters. The highest BCUT2D eigenvalue weighted by molar-refractivity contribution is 6.30. The minimum Gasteiger partial charge on any atom is -0.338 e. The Morgan fingerprint density at radius 2 is 1.68 bits per heavy atom. The van der Waals surface area contributed by atoms with E-state index in [0.29, 0.717) is 33.3 Å². The highest BCUT2D eigenvalue weighted by atomic mass is 35.5. The predicted octanol–water partition coefficient (Wildman–Crippen LogP) is 5.87. The van der Waals surface area contributed by atoms with Crippen molar-refractivity contribution in [2.45, 2.75) is 13.1 Å². The molecule has 1 aromatic heterocycles. The summed E-state index contributed by atoms with van der Waals surface area (Å²) in [5.74, 6) is 0.368. The van der Waals surface area contributed by atoms with Crippen LogP contribution in [0.25, 0.3) is 11.1 Å². The molecule has 128 valence electrons. The van der Waals surface area contributed by atoms with Gasteiger partial charge in [0, 0.05) is 16.3 Å². The second-order valence-corrected chi connectivity index (χ2v) is 5.89. The van der Waals surface area contributed by atoms with Gasteiger partial charge in [-0.3, -0.25) is 0 Å². The molecule has 0 aliphatic rings. The molecule has 0 aliphatic carbocycles. The topological polar surface area (TPSA) is 37.8 Å². The van der Waals surface area contributed by atoms with Gasteiger partial charge in [-0.25, -0.2) is 0 Å². The minimum absolute atomic E-state index is 0.368. The van der Waals surface area contributed by atoms with Gasteiger partial charge in [0.1, 0.15) is 0 Å². The Morgan fingerprint density at radius 1 is 0.960 bits per heavy atom. The summed E-state index contributed by atoms with van der Waals surface area (Å²) in [7, 11) is 0. The summed E-state index contributed by atoms with van der Waals surface area (Å²) in [6.07, 6.45) is -4.41. The third-order valence-corrected chi connectivity index (χ3v) is 3.78. The summed E-state index contributed by atoms with van der Waals surface area (Å²) in [4.78, 5) is 0. The number of benzene rings is 2. The fraction of sp³-hybridized carbons (Fsp3) is 0.111. The van der Waals surface area contributed by atoms with Crippen molar-refractivity contribution in [3.8, 4) is 11.1 Å². The summed E-state index contributed by atoms with van der Waals surface area (Å²) < 4.78 is 39.0. The van der Waals surface area contributed by atoms with Crippen molar-refractivity contribution in [2.75, 3.05) is 5.32 Å². The molecule has 3 nitrogen and oxygen atoms in total. The fourth-order valence-electron chi connectivity index (χ4n) is 2.33. The number of anilines is 2. The van der Waals surface area contributed by atoms with E-state index in [4.69, 9.17) is 11.6 Å². The van der Waals surface area contributed by atoms with Gasteiger partial charge in [0.25, 0.3) is 0 Å². The Morgan fingerprint density at radius 3 is 2.36 bits per heavy atom. The number of rotatable bonds is 3. The van der Waals surface area contributed by atoms with Crippen LogP contribution in [0.5, 0.6) is 0 Å².